The predicted molar refractivity (Wildman–Crippen MR) is 136 cm³/mol. The van der Waals surface area contributed by atoms with Crippen LogP contribution in [0.5, 0.6) is 11.5 Å². The van der Waals surface area contributed by atoms with Gasteiger partial charge in [-0.25, -0.2) is 4.79 Å². The minimum atomic E-state index is -0.475. The van der Waals surface area contributed by atoms with Crippen molar-refractivity contribution in [3.8, 4) is 11.5 Å². The summed E-state index contributed by atoms with van der Waals surface area (Å²) in [5, 5.41) is 5.41. The average molecular weight is 486 g/mol. The third kappa shape index (κ3) is 5.90. The van der Waals surface area contributed by atoms with Crippen LogP contribution in [0.15, 0.2) is 78.5 Å². The van der Waals surface area contributed by atoms with Gasteiger partial charge in [0.1, 0.15) is 5.70 Å². The van der Waals surface area contributed by atoms with Gasteiger partial charge in [0.05, 0.1) is 13.7 Å². The molecule has 8 nitrogen and oxygen atoms in total. The molecule has 0 saturated carbocycles. The van der Waals surface area contributed by atoms with Crippen molar-refractivity contribution in [2.75, 3.05) is 19.0 Å². The van der Waals surface area contributed by atoms with Gasteiger partial charge in [0.15, 0.2) is 18.1 Å². The van der Waals surface area contributed by atoms with Crippen LogP contribution >= 0.6 is 0 Å². The number of hydrogen-bond acceptors (Lipinski definition) is 5. The molecule has 0 aliphatic carbocycles. The molecule has 0 bridgehead atoms. The van der Waals surface area contributed by atoms with Gasteiger partial charge < -0.3 is 20.1 Å². The van der Waals surface area contributed by atoms with Crippen molar-refractivity contribution in [1.82, 2.24) is 10.2 Å². The summed E-state index contributed by atoms with van der Waals surface area (Å²) < 4.78 is 11.1. The fourth-order valence-corrected chi connectivity index (χ4v) is 3.71. The van der Waals surface area contributed by atoms with Crippen molar-refractivity contribution in [3.63, 3.8) is 0 Å². The molecule has 0 radical (unpaired) electrons. The van der Waals surface area contributed by atoms with E-state index in [4.69, 9.17) is 9.47 Å². The summed E-state index contributed by atoms with van der Waals surface area (Å²) in [7, 11) is 1.48. The first-order valence-electron chi connectivity index (χ1n) is 11.5. The standard InChI is InChI=1S/C28H27N3O5/c1-3-19-9-12-22(13-10-19)29-26(32)18-36-24-14-11-21(16-25(24)35-2)15-23-27(33)31(28(34)30-23)17-20-7-5-4-6-8-20/h4-16H,3,17-18H2,1-2H3,(H,29,32)(H,30,34)/b23-15-. The van der Waals surface area contributed by atoms with Crippen molar-refractivity contribution in [2.24, 2.45) is 0 Å². The Hall–Kier alpha value is -4.59. The summed E-state index contributed by atoms with van der Waals surface area (Å²) in [6.45, 7) is 2.05. The quantitative estimate of drug-likeness (QED) is 0.347. The second-order valence-corrected chi connectivity index (χ2v) is 8.16. The van der Waals surface area contributed by atoms with Crippen LogP contribution in [-0.2, 0) is 22.6 Å². The third-order valence-corrected chi connectivity index (χ3v) is 5.65. The normalized spacial score (nSPS) is 14.1. The Morgan fingerprint density at radius 1 is 0.972 bits per heavy atom. The van der Waals surface area contributed by atoms with Gasteiger partial charge in [0.2, 0.25) is 0 Å². The number of hydrogen-bond donors (Lipinski definition) is 2. The number of carbonyl (C=O) groups is 3. The zero-order valence-corrected chi connectivity index (χ0v) is 20.1. The molecule has 2 N–H and O–H groups in total. The van der Waals surface area contributed by atoms with Gasteiger partial charge in [-0.2, -0.15) is 0 Å². The number of rotatable bonds is 9. The van der Waals surface area contributed by atoms with Crippen molar-refractivity contribution in [2.45, 2.75) is 19.9 Å². The highest BCUT2D eigenvalue weighted by molar-refractivity contribution is 6.13. The molecule has 0 spiro atoms. The van der Waals surface area contributed by atoms with Gasteiger partial charge in [0, 0.05) is 5.69 Å². The molecule has 0 unspecified atom stereocenters. The van der Waals surface area contributed by atoms with Crippen LogP contribution in [0, 0.1) is 0 Å². The molecular weight excluding hydrogens is 458 g/mol. The molecule has 0 aromatic heterocycles. The number of urea groups is 1. The summed E-state index contributed by atoms with van der Waals surface area (Å²) in [4.78, 5) is 38.6. The number of aryl methyl sites for hydroxylation is 1. The van der Waals surface area contributed by atoms with E-state index in [2.05, 4.69) is 17.6 Å². The lowest BCUT2D eigenvalue weighted by molar-refractivity contribution is -0.123. The summed E-state index contributed by atoms with van der Waals surface area (Å²) in [6.07, 6.45) is 2.50. The van der Waals surface area contributed by atoms with Crippen molar-refractivity contribution >= 4 is 29.6 Å². The highest BCUT2D eigenvalue weighted by atomic mass is 16.5. The van der Waals surface area contributed by atoms with Gasteiger partial charge >= 0.3 is 6.03 Å². The van der Waals surface area contributed by atoms with Crippen LogP contribution in [0.2, 0.25) is 0 Å². The van der Waals surface area contributed by atoms with Crippen LogP contribution < -0.4 is 20.1 Å². The molecule has 3 aromatic carbocycles. The van der Waals surface area contributed by atoms with Crippen LogP contribution in [0.4, 0.5) is 10.5 Å². The van der Waals surface area contributed by atoms with E-state index >= 15 is 0 Å². The molecule has 36 heavy (non-hydrogen) atoms. The minimum Gasteiger partial charge on any atom is -0.493 e. The summed E-state index contributed by atoms with van der Waals surface area (Å²) in [5.74, 6) is 0.0584. The number of amides is 4. The second-order valence-electron chi connectivity index (χ2n) is 8.16. The number of imide groups is 1. The molecule has 1 aliphatic rings. The number of benzene rings is 3. The van der Waals surface area contributed by atoms with Gasteiger partial charge in [-0.15, -0.1) is 0 Å². The van der Waals surface area contributed by atoms with Crippen LogP contribution in [0.1, 0.15) is 23.6 Å². The monoisotopic (exact) mass is 485 g/mol. The molecule has 1 aliphatic heterocycles. The van der Waals surface area contributed by atoms with Crippen molar-refractivity contribution in [3.05, 3.63) is 95.2 Å². The number of nitrogens with one attached hydrogen (secondary N) is 2. The number of methoxy groups -OCH3 is 1. The van der Waals surface area contributed by atoms with Crippen molar-refractivity contribution in [1.29, 1.82) is 0 Å². The Kier molecular flexibility index (Phi) is 7.65. The first-order valence-corrected chi connectivity index (χ1v) is 11.5. The molecule has 8 heteroatoms. The van der Waals surface area contributed by atoms with Gasteiger partial charge in [0.25, 0.3) is 11.8 Å². The van der Waals surface area contributed by atoms with E-state index in [1.165, 1.54) is 12.7 Å². The SMILES string of the molecule is CCc1ccc(NC(=O)COc2ccc(/C=C3\NC(=O)N(Cc4ccccc4)C3=O)cc2OC)cc1. The number of nitrogens with zero attached hydrogens (tertiary/aromatic N) is 1. The fraction of sp³-hybridized carbons (Fsp3) is 0.179. The molecule has 1 fully saturated rings. The number of ether oxygens (including phenoxy) is 2. The number of carbonyl (C=O) groups excluding carboxylic acids is 3. The van der Waals surface area contributed by atoms with E-state index in [9.17, 15) is 14.4 Å². The van der Waals surface area contributed by atoms with E-state index in [0.29, 0.717) is 22.7 Å². The Morgan fingerprint density at radius 2 is 1.72 bits per heavy atom. The lowest BCUT2D eigenvalue weighted by atomic mass is 10.1. The molecule has 0 atom stereocenters. The first kappa shape index (κ1) is 24.5. The third-order valence-electron chi connectivity index (χ3n) is 5.65. The largest absolute Gasteiger partial charge is 0.493 e. The van der Waals surface area contributed by atoms with E-state index in [-0.39, 0.29) is 24.8 Å². The second kappa shape index (κ2) is 11.2. The van der Waals surface area contributed by atoms with E-state index in [1.807, 2.05) is 54.6 Å². The van der Waals surface area contributed by atoms with Crippen LogP contribution in [0.25, 0.3) is 6.08 Å². The summed E-state index contributed by atoms with van der Waals surface area (Å²) in [5.41, 5.74) is 3.53. The molecule has 184 valence electrons. The zero-order chi connectivity index (χ0) is 25.5. The van der Waals surface area contributed by atoms with Gasteiger partial charge in [-0.05, 0) is 53.5 Å². The molecule has 3 aromatic rings. The molecule has 1 heterocycles. The Morgan fingerprint density at radius 3 is 2.42 bits per heavy atom. The Labute approximate surface area is 209 Å². The van der Waals surface area contributed by atoms with Crippen LogP contribution in [0.3, 0.4) is 0 Å². The van der Waals surface area contributed by atoms with Gasteiger partial charge in [-0.3, -0.25) is 14.5 Å². The molecular formula is C28H27N3O5. The van der Waals surface area contributed by atoms with Crippen molar-refractivity contribution < 1.29 is 23.9 Å². The predicted octanol–water partition coefficient (Wildman–Crippen LogP) is 4.37. The fourth-order valence-electron chi connectivity index (χ4n) is 3.71. The maximum Gasteiger partial charge on any atom is 0.329 e. The maximum absolute atomic E-state index is 12.8. The van der Waals surface area contributed by atoms with E-state index in [1.54, 1.807) is 24.3 Å². The maximum atomic E-state index is 12.8. The number of anilines is 1. The average Bonchev–Trinajstić information content (AvgIpc) is 3.16. The summed E-state index contributed by atoms with van der Waals surface area (Å²) >= 11 is 0. The molecule has 4 rings (SSSR count). The Balaban J connectivity index is 1.39. The molecule has 1 saturated heterocycles. The topological polar surface area (TPSA) is 97.0 Å². The minimum absolute atomic E-state index is 0.167. The molecule has 4 amide bonds. The van der Waals surface area contributed by atoms with E-state index in [0.717, 1.165) is 16.9 Å². The highest BCUT2D eigenvalue weighted by Gasteiger charge is 2.33. The highest BCUT2D eigenvalue weighted by Crippen LogP contribution is 2.29. The smallest absolute Gasteiger partial charge is 0.329 e. The zero-order valence-electron chi connectivity index (χ0n) is 20.1. The van der Waals surface area contributed by atoms with E-state index < -0.39 is 11.9 Å². The van der Waals surface area contributed by atoms with Gasteiger partial charge in [-0.1, -0.05) is 55.5 Å². The lowest BCUT2D eigenvalue weighted by Crippen LogP contribution is -2.30. The Bertz CT molecular complexity index is 1290. The first-order chi connectivity index (χ1) is 17.5. The lowest BCUT2D eigenvalue weighted by Gasteiger charge is -2.12. The summed E-state index contributed by atoms with van der Waals surface area (Å²) in [6, 6.07) is 21.5. The van der Waals surface area contributed by atoms with Crippen LogP contribution in [-0.4, -0.2) is 36.5 Å².